The largest absolute Gasteiger partial charge is 0.465 e. The number of hydrogen-bond donors (Lipinski definition) is 2. The summed E-state index contributed by atoms with van der Waals surface area (Å²) in [5.41, 5.74) is -0.827. The first kappa shape index (κ1) is 24.1. The van der Waals surface area contributed by atoms with E-state index in [9.17, 15) is 35.9 Å². The molecule has 27 heavy (non-hydrogen) atoms. The molecule has 1 rings (SSSR count). The molecule has 0 bridgehead atoms. The van der Waals surface area contributed by atoms with Crippen LogP contribution in [0.1, 0.15) is 58.8 Å². The van der Waals surface area contributed by atoms with Gasteiger partial charge in [-0.05, 0) is 44.4 Å². The minimum Gasteiger partial charge on any atom is -0.465 e. The van der Waals surface area contributed by atoms with Crippen LogP contribution in [0.25, 0.3) is 0 Å². The molecule has 0 radical (unpaired) electrons. The Morgan fingerprint density at radius 3 is 2.19 bits per heavy atom. The first-order chi connectivity index (χ1) is 12.2. The molecule has 11 heteroatoms. The van der Waals surface area contributed by atoms with Crippen LogP contribution in [0.2, 0.25) is 0 Å². The second-order valence-electron chi connectivity index (χ2n) is 7.13. The van der Waals surface area contributed by atoms with E-state index in [-0.39, 0.29) is 5.92 Å². The molecular weight excluding hydrogens is 396 g/mol. The average Bonchev–Trinajstić information content (AvgIpc) is 3.01. The average molecular weight is 422 g/mol. The molecule has 0 aromatic carbocycles. The predicted molar refractivity (Wildman–Crippen MR) is 88.0 cm³/mol. The Bertz CT molecular complexity index is 618. The second-order valence-corrected chi connectivity index (χ2v) is 8.59. The third kappa shape index (κ3) is 5.77. The zero-order valence-corrected chi connectivity index (χ0v) is 16.1. The lowest BCUT2D eigenvalue weighted by molar-refractivity contribution is -0.176. The Hall–Kier alpha value is -0.940. The maximum atomic E-state index is 13.3. The van der Waals surface area contributed by atoms with Gasteiger partial charge in [0.25, 0.3) is 0 Å². The van der Waals surface area contributed by atoms with E-state index in [0.29, 0.717) is 38.5 Å². The zero-order valence-electron chi connectivity index (χ0n) is 15.3. The number of halogens is 4. The van der Waals surface area contributed by atoms with Crippen molar-refractivity contribution in [2.75, 3.05) is 6.61 Å². The Balaban J connectivity index is 2.53. The maximum Gasteiger partial charge on any atom is 0.431 e. The molecule has 2 unspecified atom stereocenters. The lowest BCUT2D eigenvalue weighted by atomic mass is 9.85. The van der Waals surface area contributed by atoms with E-state index < -0.39 is 51.8 Å². The van der Waals surface area contributed by atoms with Crippen molar-refractivity contribution in [3.05, 3.63) is 0 Å². The van der Waals surface area contributed by atoms with Crippen LogP contribution in [0.5, 0.6) is 0 Å². The molecule has 2 atom stereocenters. The van der Waals surface area contributed by atoms with Gasteiger partial charge in [0.15, 0.2) is 0 Å². The molecule has 1 fully saturated rings. The Labute approximate surface area is 156 Å². The van der Waals surface area contributed by atoms with Gasteiger partial charge < -0.3 is 9.84 Å². The van der Waals surface area contributed by atoms with E-state index in [1.54, 1.807) is 0 Å². The van der Waals surface area contributed by atoms with Crippen LogP contribution in [0.4, 0.5) is 17.6 Å². The summed E-state index contributed by atoms with van der Waals surface area (Å²) in [7, 11) is -6.30. The second kappa shape index (κ2) is 8.60. The molecule has 1 saturated carbocycles. The molecule has 0 aromatic rings. The highest BCUT2D eigenvalue weighted by Crippen LogP contribution is 2.41. The van der Waals surface area contributed by atoms with Crippen LogP contribution in [-0.4, -0.2) is 47.4 Å². The van der Waals surface area contributed by atoms with E-state index in [2.05, 4.69) is 4.74 Å². The first-order valence-corrected chi connectivity index (χ1v) is 10.2. The van der Waals surface area contributed by atoms with Crippen molar-refractivity contribution >= 4 is 16.1 Å². The summed E-state index contributed by atoms with van der Waals surface area (Å²) >= 11 is 0. The molecule has 6 nitrogen and oxygen atoms in total. The van der Waals surface area contributed by atoms with Crippen molar-refractivity contribution in [1.29, 1.82) is 0 Å². The van der Waals surface area contributed by atoms with Crippen LogP contribution in [0.3, 0.4) is 0 Å². The van der Waals surface area contributed by atoms with Gasteiger partial charge in [0.2, 0.25) is 0 Å². The summed E-state index contributed by atoms with van der Waals surface area (Å²) < 4.78 is 86.5. The Kier molecular flexibility index (Phi) is 7.68. The van der Waals surface area contributed by atoms with Crippen LogP contribution in [-0.2, 0) is 19.6 Å². The summed E-state index contributed by atoms with van der Waals surface area (Å²) in [6, 6.07) is 0. The molecule has 0 spiro atoms. The first-order valence-electron chi connectivity index (χ1n) is 8.80. The molecule has 2 N–H and O–H groups in total. The van der Waals surface area contributed by atoms with Crippen LogP contribution in [0, 0.1) is 11.8 Å². The van der Waals surface area contributed by atoms with E-state index in [4.69, 9.17) is 4.55 Å². The van der Waals surface area contributed by atoms with Crippen molar-refractivity contribution in [2.45, 2.75) is 75.6 Å². The smallest absolute Gasteiger partial charge is 0.431 e. The predicted octanol–water partition coefficient (Wildman–Crippen LogP) is 3.39. The summed E-state index contributed by atoms with van der Waals surface area (Å²) in [4.78, 5) is 11.9. The van der Waals surface area contributed by atoms with Crippen molar-refractivity contribution in [3.8, 4) is 0 Å². The van der Waals surface area contributed by atoms with Gasteiger partial charge in [-0.3, -0.25) is 9.35 Å². The van der Waals surface area contributed by atoms with Gasteiger partial charge >= 0.3 is 27.3 Å². The molecule has 0 heterocycles. The fourth-order valence-corrected chi connectivity index (χ4v) is 3.76. The molecule has 0 aliphatic heterocycles. The molecule has 1 aliphatic rings. The number of rotatable bonds is 10. The summed E-state index contributed by atoms with van der Waals surface area (Å²) in [5.74, 6) is -6.42. The third-order valence-electron chi connectivity index (χ3n) is 5.27. The quantitative estimate of drug-likeness (QED) is 0.318. The van der Waals surface area contributed by atoms with E-state index in [1.165, 1.54) is 0 Å². The number of esters is 1. The zero-order chi connectivity index (χ0) is 21.1. The lowest BCUT2D eigenvalue weighted by Gasteiger charge is -2.28. The van der Waals surface area contributed by atoms with Gasteiger partial charge in [0.1, 0.15) is 0 Å². The standard InChI is InChI=1S/C16H26F4O6S/c1-3-14(22,4-2)10-11-5-6-12(9-11)13(21)26-8-7-15(17,18)16(19,20)27(23,24)25/h11-12,22H,3-10H2,1-2H3,(H,23,24,25). The van der Waals surface area contributed by atoms with Gasteiger partial charge in [-0.2, -0.15) is 26.0 Å². The highest BCUT2D eigenvalue weighted by atomic mass is 32.2. The highest BCUT2D eigenvalue weighted by molar-refractivity contribution is 7.87. The number of alkyl halides is 4. The number of aliphatic hydroxyl groups is 1. The number of carbonyl (C=O) groups is 1. The summed E-state index contributed by atoms with van der Waals surface area (Å²) in [5, 5.41) is 4.68. The molecule has 1 aliphatic carbocycles. The number of ether oxygens (including phenoxy) is 1. The fourth-order valence-electron chi connectivity index (χ4n) is 3.28. The molecule has 0 saturated heterocycles. The van der Waals surface area contributed by atoms with E-state index in [1.807, 2.05) is 13.8 Å². The SMILES string of the molecule is CCC(O)(CC)CC1CCC(C(=O)OCCC(F)(F)C(F)(F)S(=O)(=O)O)C1. The fraction of sp³-hybridized carbons (Fsp3) is 0.938. The Morgan fingerprint density at radius 2 is 1.70 bits per heavy atom. The van der Waals surface area contributed by atoms with Crippen molar-refractivity contribution < 1.29 is 45.2 Å². The van der Waals surface area contributed by atoms with Gasteiger partial charge in [-0.1, -0.05) is 13.8 Å². The van der Waals surface area contributed by atoms with Gasteiger partial charge in [-0.25, -0.2) is 0 Å². The summed E-state index contributed by atoms with van der Waals surface area (Å²) in [6.07, 6.45) is 1.37. The molecule has 160 valence electrons. The van der Waals surface area contributed by atoms with E-state index >= 15 is 0 Å². The van der Waals surface area contributed by atoms with Gasteiger partial charge in [0, 0.05) is 0 Å². The molecular formula is C16H26F4O6S. The van der Waals surface area contributed by atoms with Crippen molar-refractivity contribution in [1.82, 2.24) is 0 Å². The van der Waals surface area contributed by atoms with Gasteiger partial charge in [0.05, 0.1) is 24.5 Å². The van der Waals surface area contributed by atoms with E-state index in [0.717, 1.165) is 0 Å². The lowest BCUT2D eigenvalue weighted by Crippen LogP contribution is -2.47. The highest BCUT2D eigenvalue weighted by Gasteiger charge is 2.65. The monoisotopic (exact) mass is 422 g/mol. The van der Waals surface area contributed by atoms with Crippen molar-refractivity contribution in [3.63, 3.8) is 0 Å². The minimum absolute atomic E-state index is 0.0674. The topological polar surface area (TPSA) is 101 Å². The van der Waals surface area contributed by atoms with Crippen molar-refractivity contribution in [2.24, 2.45) is 11.8 Å². The third-order valence-corrected chi connectivity index (χ3v) is 6.22. The normalized spacial score (nSPS) is 22.1. The van der Waals surface area contributed by atoms with Crippen LogP contribution >= 0.6 is 0 Å². The molecule has 0 aromatic heterocycles. The number of hydrogen-bond acceptors (Lipinski definition) is 5. The number of carbonyl (C=O) groups excluding carboxylic acids is 1. The summed E-state index contributed by atoms with van der Waals surface area (Å²) in [6.45, 7) is 2.60. The minimum atomic E-state index is -6.30. The van der Waals surface area contributed by atoms with Crippen LogP contribution in [0.15, 0.2) is 0 Å². The van der Waals surface area contributed by atoms with Gasteiger partial charge in [-0.15, -0.1) is 0 Å². The van der Waals surface area contributed by atoms with Crippen LogP contribution < -0.4 is 0 Å². The molecule has 0 amide bonds. The maximum absolute atomic E-state index is 13.3. The Morgan fingerprint density at radius 1 is 1.15 bits per heavy atom.